The van der Waals surface area contributed by atoms with E-state index in [2.05, 4.69) is 33.9 Å². The molecule has 2 fully saturated rings. The molecule has 1 aromatic carbocycles. The molecule has 1 amide bonds. The maximum absolute atomic E-state index is 13.0. The normalized spacial score (nSPS) is 18.1. The number of hydrogen-bond acceptors (Lipinski definition) is 6. The van der Waals surface area contributed by atoms with Gasteiger partial charge in [-0.15, -0.1) is 0 Å². The Labute approximate surface area is 179 Å². The minimum absolute atomic E-state index is 0.115. The Bertz CT molecular complexity index is 894. The Hall–Kier alpha value is -2.67. The molecule has 0 atom stereocenters. The number of rotatable bonds is 3. The molecule has 3 heterocycles. The third kappa shape index (κ3) is 4.56. The lowest BCUT2D eigenvalue weighted by Gasteiger charge is -2.36. The van der Waals surface area contributed by atoms with Gasteiger partial charge in [-0.2, -0.15) is 4.98 Å². The summed E-state index contributed by atoms with van der Waals surface area (Å²) in [5, 5.41) is 0. The Balaban J connectivity index is 1.43. The molecule has 2 aliphatic heterocycles. The fourth-order valence-corrected chi connectivity index (χ4v) is 4.27. The highest BCUT2D eigenvalue weighted by Crippen LogP contribution is 2.21. The maximum atomic E-state index is 13.0. The third-order valence-electron chi connectivity index (χ3n) is 5.97. The summed E-state index contributed by atoms with van der Waals surface area (Å²) in [6, 6.07) is 8.14. The zero-order valence-electron chi connectivity index (χ0n) is 18.6. The first-order chi connectivity index (χ1) is 14.4. The number of amides is 1. The molecule has 7 nitrogen and oxygen atoms in total. The van der Waals surface area contributed by atoms with Crippen LogP contribution < -0.4 is 9.80 Å². The van der Waals surface area contributed by atoms with Crippen LogP contribution in [0.1, 0.15) is 27.2 Å². The second-order valence-electron chi connectivity index (χ2n) is 8.61. The predicted octanol–water partition coefficient (Wildman–Crippen LogP) is 2.12. The number of aryl methyl sites for hydroxylation is 3. The summed E-state index contributed by atoms with van der Waals surface area (Å²) in [6.07, 6.45) is 0. The van der Waals surface area contributed by atoms with Crippen LogP contribution in [0.4, 0.5) is 11.8 Å². The van der Waals surface area contributed by atoms with Gasteiger partial charge in [-0.05, 0) is 40.0 Å². The summed E-state index contributed by atoms with van der Waals surface area (Å²) >= 11 is 0. The number of nitrogens with zero attached hydrogens (tertiary/aromatic N) is 6. The molecule has 4 rings (SSSR count). The lowest BCUT2D eigenvalue weighted by Crippen LogP contribution is -2.49. The van der Waals surface area contributed by atoms with E-state index in [1.165, 1.54) is 0 Å². The molecular formula is C23H32N6O. The van der Waals surface area contributed by atoms with Gasteiger partial charge < -0.3 is 19.6 Å². The fraction of sp³-hybridized carbons (Fsp3) is 0.522. The van der Waals surface area contributed by atoms with E-state index in [-0.39, 0.29) is 5.91 Å². The number of carbonyl (C=O) groups excluding carboxylic acids is 1. The fourth-order valence-electron chi connectivity index (χ4n) is 4.27. The Morgan fingerprint density at radius 2 is 1.37 bits per heavy atom. The summed E-state index contributed by atoms with van der Waals surface area (Å²) in [6.45, 7) is 13.1. The van der Waals surface area contributed by atoms with Gasteiger partial charge in [0.05, 0.1) is 0 Å². The van der Waals surface area contributed by atoms with Gasteiger partial charge in [0, 0.05) is 69.7 Å². The van der Waals surface area contributed by atoms with E-state index in [4.69, 9.17) is 9.97 Å². The van der Waals surface area contributed by atoms with Gasteiger partial charge in [0.25, 0.3) is 5.91 Å². The molecular weight excluding hydrogens is 376 g/mol. The number of piperazine rings is 2. The molecule has 0 radical (unpaired) electrons. The van der Waals surface area contributed by atoms with Crippen molar-refractivity contribution in [2.75, 3.05) is 69.2 Å². The molecule has 1 aromatic heterocycles. The lowest BCUT2D eigenvalue weighted by molar-refractivity contribution is 0.0746. The number of anilines is 2. The molecule has 0 unspecified atom stereocenters. The first-order valence-corrected chi connectivity index (χ1v) is 10.8. The van der Waals surface area contributed by atoms with Crippen LogP contribution in [-0.2, 0) is 0 Å². The topological polar surface area (TPSA) is 55.8 Å². The lowest BCUT2D eigenvalue weighted by atomic mass is 10.1. The van der Waals surface area contributed by atoms with E-state index in [1.54, 1.807) is 0 Å². The zero-order valence-corrected chi connectivity index (χ0v) is 18.6. The number of carbonyl (C=O) groups is 1. The minimum atomic E-state index is 0.115. The molecule has 0 saturated carbocycles. The van der Waals surface area contributed by atoms with Gasteiger partial charge in [0.15, 0.2) is 0 Å². The summed E-state index contributed by atoms with van der Waals surface area (Å²) in [4.78, 5) is 31.4. The highest BCUT2D eigenvalue weighted by Gasteiger charge is 2.25. The smallest absolute Gasteiger partial charge is 0.253 e. The van der Waals surface area contributed by atoms with Crippen molar-refractivity contribution in [3.63, 3.8) is 0 Å². The quantitative estimate of drug-likeness (QED) is 0.776. The summed E-state index contributed by atoms with van der Waals surface area (Å²) in [5.74, 6) is 1.91. The van der Waals surface area contributed by atoms with E-state index in [1.807, 2.05) is 37.8 Å². The molecule has 2 aliphatic rings. The van der Waals surface area contributed by atoms with Crippen LogP contribution in [0, 0.1) is 20.8 Å². The van der Waals surface area contributed by atoms with Crippen molar-refractivity contribution in [1.82, 2.24) is 19.8 Å². The molecule has 0 N–H and O–H groups in total. The van der Waals surface area contributed by atoms with Crippen LogP contribution in [0.3, 0.4) is 0 Å². The molecule has 0 aliphatic carbocycles. The molecule has 2 aromatic rings. The molecule has 2 saturated heterocycles. The molecule has 30 heavy (non-hydrogen) atoms. The van der Waals surface area contributed by atoms with E-state index < -0.39 is 0 Å². The zero-order chi connectivity index (χ0) is 21.3. The van der Waals surface area contributed by atoms with Crippen LogP contribution in [0.2, 0.25) is 0 Å². The Kier molecular flexibility index (Phi) is 5.90. The van der Waals surface area contributed by atoms with Gasteiger partial charge >= 0.3 is 0 Å². The summed E-state index contributed by atoms with van der Waals surface area (Å²) < 4.78 is 0. The van der Waals surface area contributed by atoms with E-state index in [0.29, 0.717) is 13.1 Å². The van der Waals surface area contributed by atoms with Gasteiger partial charge in [0.1, 0.15) is 5.82 Å². The first kappa shape index (κ1) is 20.6. The number of hydrogen-bond donors (Lipinski definition) is 0. The third-order valence-corrected chi connectivity index (χ3v) is 5.97. The predicted molar refractivity (Wildman–Crippen MR) is 121 cm³/mol. The van der Waals surface area contributed by atoms with Crippen LogP contribution in [0.5, 0.6) is 0 Å². The van der Waals surface area contributed by atoms with Crippen molar-refractivity contribution in [1.29, 1.82) is 0 Å². The summed E-state index contributed by atoms with van der Waals surface area (Å²) in [5.41, 5.74) is 4.02. The van der Waals surface area contributed by atoms with Crippen LogP contribution in [-0.4, -0.2) is 85.1 Å². The van der Waals surface area contributed by atoms with Crippen molar-refractivity contribution in [3.8, 4) is 0 Å². The number of likely N-dealkylation sites (N-methyl/N-ethyl adjacent to an activating group) is 1. The first-order valence-electron chi connectivity index (χ1n) is 10.8. The van der Waals surface area contributed by atoms with Crippen molar-refractivity contribution >= 4 is 17.7 Å². The number of aromatic nitrogens is 2. The van der Waals surface area contributed by atoms with Crippen molar-refractivity contribution in [3.05, 3.63) is 46.6 Å². The van der Waals surface area contributed by atoms with Gasteiger partial charge in [-0.3, -0.25) is 4.79 Å². The van der Waals surface area contributed by atoms with E-state index in [0.717, 1.165) is 73.4 Å². The second kappa shape index (κ2) is 8.60. The molecule has 7 heteroatoms. The maximum Gasteiger partial charge on any atom is 0.253 e. The highest BCUT2D eigenvalue weighted by molar-refractivity contribution is 5.94. The summed E-state index contributed by atoms with van der Waals surface area (Å²) in [7, 11) is 2.16. The highest BCUT2D eigenvalue weighted by atomic mass is 16.2. The largest absolute Gasteiger partial charge is 0.354 e. The minimum Gasteiger partial charge on any atom is -0.354 e. The van der Waals surface area contributed by atoms with E-state index >= 15 is 0 Å². The van der Waals surface area contributed by atoms with Crippen molar-refractivity contribution in [2.45, 2.75) is 20.8 Å². The molecule has 0 spiro atoms. The van der Waals surface area contributed by atoms with Gasteiger partial charge in [-0.25, -0.2) is 4.98 Å². The second-order valence-corrected chi connectivity index (χ2v) is 8.61. The Morgan fingerprint density at radius 1 is 0.767 bits per heavy atom. The van der Waals surface area contributed by atoms with Gasteiger partial charge in [-0.1, -0.05) is 17.2 Å². The molecule has 0 bridgehead atoms. The monoisotopic (exact) mass is 408 g/mol. The average Bonchev–Trinajstić information content (AvgIpc) is 2.73. The Morgan fingerprint density at radius 3 is 2.00 bits per heavy atom. The van der Waals surface area contributed by atoms with Gasteiger partial charge in [0.2, 0.25) is 5.95 Å². The standard InChI is InChI=1S/C23H32N6O/c1-17-13-18(2)15-20(14-17)22(30)28-9-11-29(12-10-28)23-24-19(3)16-21(25-23)27-7-5-26(4)6-8-27/h13-16H,5-12H2,1-4H3. The van der Waals surface area contributed by atoms with Crippen molar-refractivity contribution < 1.29 is 4.79 Å². The average molecular weight is 409 g/mol. The van der Waals surface area contributed by atoms with Crippen molar-refractivity contribution in [2.24, 2.45) is 0 Å². The van der Waals surface area contributed by atoms with Crippen LogP contribution in [0.15, 0.2) is 24.3 Å². The van der Waals surface area contributed by atoms with Crippen LogP contribution in [0.25, 0.3) is 0 Å². The number of benzene rings is 1. The van der Waals surface area contributed by atoms with Crippen LogP contribution >= 0.6 is 0 Å². The van der Waals surface area contributed by atoms with E-state index in [9.17, 15) is 4.79 Å². The SMILES string of the molecule is Cc1cc(C)cc(C(=O)N2CCN(c3nc(C)cc(N4CCN(C)CC4)n3)CC2)c1. The molecule has 160 valence electrons.